The normalized spacial score (nSPS) is 11.6. The van der Waals surface area contributed by atoms with Gasteiger partial charge in [0.2, 0.25) is 10.0 Å². The highest BCUT2D eigenvalue weighted by Gasteiger charge is 2.25. The van der Waals surface area contributed by atoms with Crippen molar-refractivity contribution in [1.29, 1.82) is 0 Å². The summed E-state index contributed by atoms with van der Waals surface area (Å²) in [6, 6.07) is 18.2. The molecule has 31 heavy (non-hydrogen) atoms. The first-order chi connectivity index (χ1) is 15.0. The Labute approximate surface area is 184 Å². The van der Waals surface area contributed by atoms with Gasteiger partial charge < -0.3 is 9.47 Å². The lowest BCUT2D eigenvalue weighted by atomic mass is 10.1. The van der Waals surface area contributed by atoms with Crippen LogP contribution in [0.4, 0.5) is 0 Å². The largest absolute Gasteiger partial charge is 0.491 e. The number of aryl methyl sites for hydroxylation is 1. The minimum atomic E-state index is -3.73. The molecule has 0 fully saturated rings. The molecule has 7 heteroatoms. The molecule has 3 rings (SSSR count). The van der Waals surface area contributed by atoms with Gasteiger partial charge in [0.1, 0.15) is 12.4 Å². The zero-order valence-corrected chi connectivity index (χ0v) is 18.7. The van der Waals surface area contributed by atoms with Crippen LogP contribution in [0.25, 0.3) is 0 Å². The van der Waals surface area contributed by atoms with Gasteiger partial charge in [0.15, 0.2) is 0 Å². The van der Waals surface area contributed by atoms with Crippen molar-refractivity contribution in [3.63, 3.8) is 0 Å². The fourth-order valence-electron chi connectivity index (χ4n) is 3.10. The Morgan fingerprint density at radius 2 is 1.55 bits per heavy atom. The van der Waals surface area contributed by atoms with Crippen molar-refractivity contribution < 1.29 is 17.9 Å². The topological polar surface area (TPSA) is 68.7 Å². The summed E-state index contributed by atoms with van der Waals surface area (Å²) in [5.41, 5.74) is 2.98. The van der Waals surface area contributed by atoms with Crippen LogP contribution in [0.5, 0.6) is 5.75 Å². The highest BCUT2D eigenvalue weighted by Crippen LogP contribution is 2.23. The monoisotopic (exact) mass is 440 g/mol. The van der Waals surface area contributed by atoms with E-state index < -0.39 is 10.0 Å². The van der Waals surface area contributed by atoms with Crippen molar-refractivity contribution in [2.45, 2.75) is 31.3 Å². The summed E-state index contributed by atoms with van der Waals surface area (Å²) in [7, 11) is -2.13. The zero-order valence-electron chi connectivity index (χ0n) is 17.9. The van der Waals surface area contributed by atoms with Gasteiger partial charge in [0.05, 0.1) is 11.5 Å². The standard InChI is InChI=1S/C24H28N2O4S/c1-3-20-6-8-21(9-7-20)18-26(19-22-5-4-14-25-17-22)31(27,28)24-12-10-23(11-13-24)30-16-15-29-2/h4-14,17H,3,15-16,18-19H2,1-2H3. The molecular formula is C24H28N2O4S. The van der Waals surface area contributed by atoms with Crippen molar-refractivity contribution in [2.75, 3.05) is 20.3 Å². The Morgan fingerprint density at radius 1 is 0.871 bits per heavy atom. The Morgan fingerprint density at radius 3 is 2.16 bits per heavy atom. The van der Waals surface area contributed by atoms with Gasteiger partial charge in [-0.25, -0.2) is 8.42 Å². The first-order valence-electron chi connectivity index (χ1n) is 10.2. The second-order valence-corrected chi connectivity index (χ2v) is 9.06. The molecule has 6 nitrogen and oxygen atoms in total. The molecule has 0 spiro atoms. The number of sulfonamides is 1. The molecule has 0 N–H and O–H groups in total. The van der Waals surface area contributed by atoms with Crippen LogP contribution in [0.1, 0.15) is 23.6 Å². The van der Waals surface area contributed by atoms with Crippen LogP contribution in [-0.4, -0.2) is 38.0 Å². The predicted molar refractivity (Wildman–Crippen MR) is 120 cm³/mol. The maximum Gasteiger partial charge on any atom is 0.243 e. The van der Waals surface area contributed by atoms with Crippen LogP contribution in [-0.2, 0) is 34.3 Å². The van der Waals surface area contributed by atoms with Crippen molar-refractivity contribution in [3.05, 3.63) is 89.7 Å². The Balaban J connectivity index is 1.85. The average molecular weight is 441 g/mol. The number of aromatic nitrogens is 1. The van der Waals surface area contributed by atoms with Crippen LogP contribution in [0, 0.1) is 0 Å². The van der Waals surface area contributed by atoms with E-state index in [-0.39, 0.29) is 18.0 Å². The SMILES string of the molecule is CCc1ccc(CN(Cc2cccnc2)S(=O)(=O)c2ccc(OCCOC)cc2)cc1. The van der Waals surface area contributed by atoms with E-state index in [4.69, 9.17) is 9.47 Å². The summed E-state index contributed by atoms with van der Waals surface area (Å²) < 4.78 is 39.0. The number of ether oxygens (including phenoxy) is 2. The van der Waals surface area contributed by atoms with Crippen molar-refractivity contribution in [1.82, 2.24) is 9.29 Å². The fourth-order valence-corrected chi connectivity index (χ4v) is 4.52. The quantitative estimate of drug-likeness (QED) is 0.421. The van der Waals surface area contributed by atoms with Gasteiger partial charge in [-0.15, -0.1) is 0 Å². The van der Waals surface area contributed by atoms with E-state index in [2.05, 4.69) is 11.9 Å². The molecule has 0 amide bonds. The molecule has 164 valence electrons. The van der Waals surface area contributed by atoms with E-state index >= 15 is 0 Å². The minimum absolute atomic E-state index is 0.223. The van der Waals surface area contributed by atoms with E-state index in [1.165, 1.54) is 9.87 Å². The highest BCUT2D eigenvalue weighted by atomic mass is 32.2. The zero-order chi connectivity index (χ0) is 22.1. The molecule has 1 heterocycles. The number of hydrogen-bond donors (Lipinski definition) is 0. The van der Waals surface area contributed by atoms with E-state index in [9.17, 15) is 8.42 Å². The maximum absolute atomic E-state index is 13.5. The highest BCUT2D eigenvalue weighted by molar-refractivity contribution is 7.89. The maximum atomic E-state index is 13.5. The molecule has 0 aliphatic carbocycles. The number of rotatable bonds is 11. The summed E-state index contributed by atoms with van der Waals surface area (Å²) in [5, 5.41) is 0. The number of pyridine rings is 1. The van der Waals surface area contributed by atoms with E-state index in [0.29, 0.717) is 19.0 Å². The van der Waals surface area contributed by atoms with Gasteiger partial charge in [0, 0.05) is 32.6 Å². The lowest BCUT2D eigenvalue weighted by molar-refractivity contribution is 0.146. The van der Waals surface area contributed by atoms with Gasteiger partial charge in [0.25, 0.3) is 0 Å². The third-order valence-electron chi connectivity index (χ3n) is 4.89. The van der Waals surface area contributed by atoms with Crippen LogP contribution >= 0.6 is 0 Å². The third-order valence-corrected chi connectivity index (χ3v) is 6.70. The van der Waals surface area contributed by atoms with E-state index in [0.717, 1.165) is 17.5 Å². The molecule has 0 unspecified atom stereocenters. The van der Waals surface area contributed by atoms with Crippen molar-refractivity contribution in [3.8, 4) is 5.75 Å². The molecule has 0 radical (unpaired) electrons. The van der Waals surface area contributed by atoms with E-state index in [1.807, 2.05) is 36.4 Å². The summed E-state index contributed by atoms with van der Waals surface area (Å²) >= 11 is 0. The molecule has 0 aliphatic rings. The van der Waals surface area contributed by atoms with Crippen LogP contribution in [0.2, 0.25) is 0 Å². The predicted octanol–water partition coefficient (Wildman–Crippen LogP) is 4.06. The Bertz CT molecular complexity index is 1040. The Kier molecular flexibility index (Phi) is 8.17. The number of benzene rings is 2. The fraction of sp³-hybridized carbons (Fsp3) is 0.292. The molecule has 2 aromatic carbocycles. The summed E-state index contributed by atoms with van der Waals surface area (Å²) in [6.45, 7) is 3.47. The first-order valence-corrected chi connectivity index (χ1v) is 11.7. The third kappa shape index (κ3) is 6.37. The van der Waals surface area contributed by atoms with Crippen LogP contribution in [0.3, 0.4) is 0 Å². The van der Waals surface area contributed by atoms with Gasteiger partial charge in [-0.2, -0.15) is 4.31 Å². The molecule has 0 saturated carbocycles. The molecule has 0 saturated heterocycles. The van der Waals surface area contributed by atoms with Crippen molar-refractivity contribution >= 4 is 10.0 Å². The van der Waals surface area contributed by atoms with Gasteiger partial charge in [-0.05, 0) is 53.4 Å². The summed E-state index contributed by atoms with van der Waals surface area (Å²) in [6.07, 6.45) is 4.31. The van der Waals surface area contributed by atoms with Crippen LogP contribution in [0.15, 0.2) is 78.0 Å². The second-order valence-electron chi connectivity index (χ2n) is 7.12. The summed E-state index contributed by atoms with van der Waals surface area (Å²) in [4.78, 5) is 4.34. The second kappa shape index (κ2) is 11.0. The smallest absolute Gasteiger partial charge is 0.243 e. The van der Waals surface area contributed by atoms with Gasteiger partial charge in [-0.1, -0.05) is 37.3 Å². The Hall–Kier alpha value is -2.74. The molecule has 0 bridgehead atoms. The average Bonchev–Trinajstić information content (AvgIpc) is 2.80. The van der Waals surface area contributed by atoms with E-state index in [1.54, 1.807) is 43.8 Å². The molecule has 1 aromatic heterocycles. The number of nitrogens with zero attached hydrogens (tertiary/aromatic N) is 2. The first kappa shape index (κ1) is 22.9. The molecular weight excluding hydrogens is 412 g/mol. The molecule has 0 aliphatic heterocycles. The number of hydrogen-bond acceptors (Lipinski definition) is 5. The van der Waals surface area contributed by atoms with Gasteiger partial charge >= 0.3 is 0 Å². The van der Waals surface area contributed by atoms with Crippen LogP contribution < -0.4 is 4.74 Å². The molecule has 0 atom stereocenters. The van der Waals surface area contributed by atoms with Crippen molar-refractivity contribution in [2.24, 2.45) is 0 Å². The minimum Gasteiger partial charge on any atom is -0.491 e. The number of methoxy groups -OCH3 is 1. The molecule has 3 aromatic rings. The van der Waals surface area contributed by atoms with Gasteiger partial charge in [-0.3, -0.25) is 4.98 Å². The summed E-state index contributed by atoms with van der Waals surface area (Å²) in [5.74, 6) is 0.602. The lowest BCUT2D eigenvalue weighted by Crippen LogP contribution is -2.30. The lowest BCUT2D eigenvalue weighted by Gasteiger charge is -2.23.